The van der Waals surface area contributed by atoms with Crippen molar-refractivity contribution in [1.82, 2.24) is 0 Å². The topological polar surface area (TPSA) is 35.5 Å². The molecule has 1 aliphatic rings. The van der Waals surface area contributed by atoms with E-state index in [0.29, 0.717) is 45.3 Å². The fraction of sp³-hybridized carbons (Fsp3) is 0.133. The highest BCUT2D eigenvalue weighted by molar-refractivity contribution is 9.10. The van der Waals surface area contributed by atoms with Gasteiger partial charge < -0.3 is 9.47 Å². The third-order valence-electron chi connectivity index (χ3n) is 2.98. The second kappa shape index (κ2) is 5.46. The van der Waals surface area contributed by atoms with Gasteiger partial charge >= 0.3 is 0 Å². The third-order valence-corrected chi connectivity index (χ3v) is 3.89. The van der Waals surface area contributed by atoms with Crippen LogP contribution in [0, 0.1) is 0 Å². The first kappa shape index (κ1) is 13.5. The van der Waals surface area contributed by atoms with Crippen molar-refractivity contribution in [3.63, 3.8) is 0 Å². The van der Waals surface area contributed by atoms with Gasteiger partial charge in [0.15, 0.2) is 17.3 Å². The molecule has 0 aromatic heterocycles. The van der Waals surface area contributed by atoms with E-state index >= 15 is 0 Å². The lowest BCUT2D eigenvalue weighted by Gasteiger charge is -2.19. The first-order valence-electron chi connectivity index (χ1n) is 6.04. The lowest BCUT2D eigenvalue weighted by molar-refractivity contribution is 0.103. The van der Waals surface area contributed by atoms with Crippen molar-refractivity contribution < 1.29 is 14.3 Å². The Morgan fingerprint density at radius 2 is 1.65 bits per heavy atom. The standard InChI is InChI=1S/C15H10BrClO3/c16-12-8-14-13(19-5-6-20-14)7-11(12)15(18)9-1-3-10(17)4-2-9/h1-4,7-8H,5-6H2. The normalized spacial score (nSPS) is 13.1. The van der Waals surface area contributed by atoms with Crippen LogP contribution in [0.1, 0.15) is 15.9 Å². The Morgan fingerprint density at radius 3 is 2.30 bits per heavy atom. The van der Waals surface area contributed by atoms with Gasteiger partial charge in [0.1, 0.15) is 13.2 Å². The van der Waals surface area contributed by atoms with Gasteiger partial charge in [-0.05, 0) is 52.3 Å². The number of halogens is 2. The van der Waals surface area contributed by atoms with Gasteiger partial charge in [-0.1, -0.05) is 11.6 Å². The summed E-state index contributed by atoms with van der Waals surface area (Å²) in [6.45, 7) is 1.01. The highest BCUT2D eigenvalue weighted by Crippen LogP contribution is 2.36. The summed E-state index contributed by atoms with van der Waals surface area (Å²) in [5.41, 5.74) is 1.11. The number of fused-ring (bicyclic) bond motifs is 1. The minimum Gasteiger partial charge on any atom is -0.486 e. The zero-order valence-electron chi connectivity index (χ0n) is 10.4. The maximum Gasteiger partial charge on any atom is 0.194 e. The highest BCUT2D eigenvalue weighted by Gasteiger charge is 2.19. The molecule has 102 valence electrons. The Balaban J connectivity index is 2.01. The summed E-state index contributed by atoms with van der Waals surface area (Å²) < 4.78 is 11.7. The number of ketones is 1. The molecule has 0 fully saturated rings. The molecule has 0 aliphatic carbocycles. The maximum absolute atomic E-state index is 12.5. The van der Waals surface area contributed by atoms with E-state index in [-0.39, 0.29) is 5.78 Å². The van der Waals surface area contributed by atoms with Crippen LogP contribution in [0.15, 0.2) is 40.9 Å². The van der Waals surface area contributed by atoms with E-state index in [1.807, 2.05) is 0 Å². The summed E-state index contributed by atoms with van der Waals surface area (Å²) in [6.07, 6.45) is 0. The van der Waals surface area contributed by atoms with E-state index in [9.17, 15) is 4.79 Å². The van der Waals surface area contributed by atoms with Gasteiger partial charge in [-0.3, -0.25) is 4.79 Å². The Bertz CT molecular complexity index is 668. The zero-order chi connectivity index (χ0) is 14.1. The van der Waals surface area contributed by atoms with Crippen molar-refractivity contribution in [3.05, 3.63) is 57.0 Å². The molecule has 0 unspecified atom stereocenters. The lowest BCUT2D eigenvalue weighted by atomic mass is 10.0. The van der Waals surface area contributed by atoms with Crippen molar-refractivity contribution >= 4 is 33.3 Å². The first-order valence-corrected chi connectivity index (χ1v) is 7.21. The average molecular weight is 354 g/mol. The van der Waals surface area contributed by atoms with Crippen LogP contribution in [0.5, 0.6) is 11.5 Å². The SMILES string of the molecule is O=C(c1ccc(Cl)cc1)c1cc2c(cc1Br)OCCO2. The molecule has 0 saturated heterocycles. The van der Waals surface area contributed by atoms with E-state index in [2.05, 4.69) is 15.9 Å². The molecule has 3 rings (SSSR count). The molecular formula is C15H10BrClO3. The second-order valence-electron chi connectivity index (χ2n) is 4.31. The summed E-state index contributed by atoms with van der Waals surface area (Å²) in [7, 11) is 0. The van der Waals surface area contributed by atoms with Crippen molar-refractivity contribution in [3.8, 4) is 11.5 Å². The molecule has 0 radical (unpaired) electrons. The molecule has 0 amide bonds. The Morgan fingerprint density at radius 1 is 1.05 bits per heavy atom. The van der Waals surface area contributed by atoms with Gasteiger partial charge in [-0.15, -0.1) is 0 Å². The van der Waals surface area contributed by atoms with Crippen LogP contribution < -0.4 is 9.47 Å². The lowest BCUT2D eigenvalue weighted by Crippen LogP contribution is -2.16. The smallest absolute Gasteiger partial charge is 0.194 e. The molecule has 20 heavy (non-hydrogen) atoms. The predicted molar refractivity (Wildman–Crippen MR) is 80.0 cm³/mol. The molecule has 0 spiro atoms. The zero-order valence-corrected chi connectivity index (χ0v) is 12.7. The molecule has 0 N–H and O–H groups in total. The predicted octanol–water partition coefficient (Wildman–Crippen LogP) is 4.10. The average Bonchev–Trinajstić information content (AvgIpc) is 2.46. The van der Waals surface area contributed by atoms with Crippen molar-refractivity contribution in [1.29, 1.82) is 0 Å². The minimum absolute atomic E-state index is 0.0921. The summed E-state index contributed by atoms with van der Waals surface area (Å²) in [6, 6.07) is 10.3. The molecule has 3 nitrogen and oxygen atoms in total. The van der Waals surface area contributed by atoms with Crippen LogP contribution in [-0.2, 0) is 0 Å². The summed E-state index contributed by atoms with van der Waals surface area (Å²) >= 11 is 9.24. The fourth-order valence-electron chi connectivity index (χ4n) is 1.99. The Hall–Kier alpha value is -1.52. The number of hydrogen-bond donors (Lipinski definition) is 0. The largest absolute Gasteiger partial charge is 0.486 e. The van der Waals surface area contributed by atoms with Crippen molar-refractivity contribution in [2.24, 2.45) is 0 Å². The van der Waals surface area contributed by atoms with Crippen LogP contribution in [0.3, 0.4) is 0 Å². The number of carbonyl (C=O) groups excluding carboxylic acids is 1. The van der Waals surface area contributed by atoms with Crippen LogP contribution in [0.2, 0.25) is 5.02 Å². The quantitative estimate of drug-likeness (QED) is 0.762. The van der Waals surface area contributed by atoms with E-state index in [4.69, 9.17) is 21.1 Å². The van der Waals surface area contributed by atoms with Gasteiger partial charge in [0, 0.05) is 20.6 Å². The molecule has 0 bridgehead atoms. The minimum atomic E-state index is -0.0921. The molecule has 0 atom stereocenters. The fourth-order valence-corrected chi connectivity index (χ4v) is 2.62. The van der Waals surface area contributed by atoms with E-state index < -0.39 is 0 Å². The van der Waals surface area contributed by atoms with Gasteiger partial charge in [-0.25, -0.2) is 0 Å². The highest BCUT2D eigenvalue weighted by atomic mass is 79.9. The van der Waals surface area contributed by atoms with Crippen LogP contribution in [0.25, 0.3) is 0 Å². The Labute approximate surface area is 129 Å². The van der Waals surface area contributed by atoms with Crippen LogP contribution in [-0.4, -0.2) is 19.0 Å². The van der Waals surface area contributed by atoms with Crippen LogP contribution >= 0.6 is 27.5 Å². The third kappa shape index (κ3) is 2.53. The molecule has 5 heteroatoms. The second-order valence-corrected chi connectivity index (χ2v) is 5.60. The van der Waals surface area contributed by atoms with E-state index in [1.54, 1.807) is 36.4 Å². The van der Waals surface area contributed by atoms with Crippen molar-refractivity contribution in [2.75, 3.05) is 13.2 Å². The molecule has 1 aliphatic heterocycles. The maximum atomic E-state index is 12.5. The number of carbonyl (C=O) groups is 1. The summed E-state index contributed by atoms with van der Waals surface area (Å²) in [5, 5.41) is 0.600. The van der Waals surface area contributed by atoms with Gasteiger partial charge in [-0.2, -0.15) is 0 Å². The van der Waals surface area contributed by atoms with Crippen molar-refractivity contribution in [2.45, 2.75) is 0 Å². The number of rotatable bonds is 2. The number of hydrogen-bond acceptors (Lipinski definition) is 3. The molecule has 1 heterocycles. The monoisotopic (exact) mass is 352 g/mol. The molecule has 2 aromatic carbocycles. The Kier molecular flexibility index (Phi) is 3.68. The molecule has 2 aromatic rings. The molecular weight excluding hydrogens is 344 g/mol. The van der Waals surface area contributed by atoms with Gasteiger partial charge in [0.25, 0.3) is 0 Å². The van der Waals surface area contributed by atoms with Gasteiger partial charge in [0.2, 0.25) is 0 Å². The number of benzene rings is 2. The van der Waals surface area contributed by atoms with E-state index in [0.717, 1.165) is 0 Å². The van der Waals surface area contributed by atoms with Crippen LogP contribution in [0.4, 0.5) is 0 Å². The first-order chi connectivity index (χ1) is 9.65. The number of ether oxygens (including phenoxy) is 2. The molecule has 0 saturated carbocycles. The van der Waals surface area contributed by atoms with E-state index in [1.165, 1.54) is 0 Å². The summed E-state index contributed by atoms with van der Waals surface area (Å²) in [4.78, 5) is 12.5. The summed E-state index contributed by atoms with van der Waals surface area (Å²) in [5.74, 6) is 1.15. The van der Waals surface area contributed by atoms with Gasteiger partial charge in [0.05, 0.1) is 0 Å².